The smallest absolute Gasteiger partial charge is 0.119 e. The van der Waals surface area contributed by atoms with Crippen molar-refractivity contribution in [1.29, 1.82) is 0 Å². The fourth-order valence-corrected chi connectivity index (χ4v) is 4.46. The minimum absolute atomic E-state index is 0.379. The monoisotopic (exact) mass is 336 g/mol. The zero-order valence-corrected chi connectivity index (χ0v) is 16.4. The highest BCUT2D eigenvalue weighted by atomic mass is 16.5. The molecule has 2 aromatic carbocycles. The van der Waals surface area contributed by atoms with Crippen LogP contribution in [0.5, 0.6) is 5.75 Å². The van der Waals surface area contributed by atoms with Gasteiger partial charge in [-0.05, 0) is 70.9 Å². The predicted octanol–water partition coefficient (Wildman–Crippen LogP) is 6.85. The minimum Gasteiger partial charge on any atom is -0.497 e. The highest BCUT2D eigenvalue weighted by Crippen LogP contribution is 2.51. The number of hydrogen-bond donors (Lipinski definition) is 0. The zero-order chi connectivity index (χ0) is 18.0. The van der Waals surface area contributed by atoms with E-state index < -0.39 is 0 Å². The van der Waals surface area contributed by atoms with E-state index in [9.17, 15) is 0 Å². The lowest BCUT2D eigenvalue weighted by Gasteiger charge is -2.30. The van der Waals surface area contributed by atoms with Gasteiger partial charge < -0.3 is 4.74 Å². The quantitative estimate of drug-likeness (QED) is 0.580. The zero-order valence-electron chi connectivity index (χ0n) is 16.4. The van der Waals surface area contributed by atoms with Gasteiger partial charge in [0.2, 0.25) is 0 Å². The molecular weight excluding hydrogens is 304 g/mol. The molecule has 1 nitrogen and oxygen atoms in total. The lowest BCUT2D eigenvalue weighted by Crippen LogP contribution is -2.16. The van der Waals surface area contributed by atoms with Crippen molar-refractivity contribution in [2.24, 2.45) is 11.3 Å². The molecule has 0 radical (unpaired) electrons. The van der Waals surface area contributed by atoms with Crippen molar-refractivity contribution in [2.75, 3.05) is 7.11 Å². The number of ether oxygens (including phenoxy) is 1. The van der Waals surface area contributed by atoms with E-state index in [1.54, 1.807) is 7.11 Å². The van der Waals surface area contributed by atoms with Gasteiger partial charge >= 0.3 is 0 Å². The molecule has 0 bridgehead atoms. The molecule has 0 heterocycles. The third-order valence-corrected chi connectivity index (χ3v) is 5.77. The van der Waals surface area contributed by atoms with Crippen LogP contribution in [0.1, 0.15) is 64.0 Å². The molecule has 0 aromatic heterocycles. The second-order valence-corrected chi connectivity index (χ2v) is 8.68. The van der Waals surface area contributed by atoms with Gasteiger partial charge in [-0.15, -0.1) is 0 Å². The highest BCUT2D eigenvalue weighted by Gasteiger charge is 2.36. The lowest BCUT2D eigenvalue weighted by atomic mass is 9.75. The van der Waals surface area contributed by atoms with Gasteiger partial charge in [0.15, 0.2) is 0 Å². The third-order valence-electron chi connectivity index (χ3n) is 5.77. The summed E-state index contributed by atoms with van der Waals surface area (Å²) in [4.78, 5) is 0. The topological polar surface area (TPSA) is 9.23 Å². The Bertz CT molecular complexity index is 727. The normalized spacial score (nSPS) is 19.4. The molecule has 1 fully saturated rings. The summed E-state index contributed by atoms with van der Waals surface area (Å²) in [5.74, 6) is 2.26. The Morgan fingerprint density at radius 2 is 1.92 bits per heavy atom. The fourth-order valence-electron chi connectivity index (χ4n) is 4.46. The summed E-state index contributed by atoms with van der Waals surface area (Å²) in [5, 5.41) is 0. The molecule has 25 heavy (non-hydrogen) atoms. The van der Waals surface area contributed by atoms with Gasteiger partial charge in [0.1, 0.15) is 5.75 Å². The molecule has 0 aliphatic heterocycles. The van der Waals surface area contributed by atoms with Gasteiger partial charge in [0.05, 0.1) is 7.11 Å². The van der Waals surface area contributed by atoms with E-state index in [2.05, 4.69) is 64.1 Å². The third kappa shape index (κ3) is 3.92. The van der Waals surface area contributed by atoms with E-state index >= 15 is 0 Å². The van der Waals surface area contributed by atoms with E-state index in [-0.39, 0.29) is 0 Å². The lowest BCUT2D eigenvalue weighted by molar-refractivity contribution is 0.332. The summed E-state index contributed by atoms with van der Waals surface area (Å²) in [6.07, 6.45) is 5.11. The first-order chi connectivity index (χ1) is 11.9. The molecule has 3 rings (SSSR count). The Balaban J connectivity index is 2.10. The summed E-state index contributed by atoms with van der Waals surface area (Å²) in [6, 6.07) is 15.7. The maximum atomic E-state index is 5.46. The molecule has 1 aliphatic carbocycles. The Kier molecular flexibility index (Phi) is 5.22. The molecule has 0 saturated heterocycles. The Hall–Kier alpha value is -1.76. The largest absolute Gasteiger partial charge is 0.497 e. The summed E-state index contributed by atoms with van der Waals surface area (Å²) < 4.78 is 5.46. The molecule has 2 aromatic rings. The van der Waals surface area contributed by atoms with Crippen LogP contribution < -0.4 is 4.74 Å². The minimum atomic E-state index is 0.379. The maximum absolute atomic E-state index is 5.46. The maximum Gasteiger partial charge on any atom is 0.119 e. The van der Waals surface area contributed by atoms with Gasteiger partial charge in [-0.2, -0.15) is 0 Å². The van der Waals surface area contributed by atoms with Crippen LogP contribution >= 0.6 is 0 Å². The van der Waals surface area contributed by atoms with Crippen molar-refractivity contribution in [1.82, 2.24) is 0 Å². The molecule has 1 unspecified atom stereocenters. The molecule has 1 atom stereocenters. The van der Waals surface area contributed by atoms with E-state index in [1.165, 1.54) is 41.5 Å². The van der Waals surface area contributed by atoms with Crippen molar-refractivity contribution >= 4 is 0 Å². The van der Waals surface area contributed by atoms with E-state index in [0.29, 0.717) is 17.3 Å². The molecule has 1 heteroatoms. The standard InChI is InChI=1S/C24H32O/c1-17(2)14-18-11-12-21(19-8-6-9-20(16-19)25-5)22(15-18)23-10-7-13-24(23,3)4/h6,8-9,11-12,15-17,23H,7,10,13-14H2,1-5H3. The SMILES string of the molecule is COc1cccc(-c2ccc(CC(C)C)cc2C2CCCC2(C)C)c1. The Morgan fingerprint density at radius 3 is 2.56 bits per heavy atom. The number of benzene rings is 2. The van der Waals surface area contributed by atoms with Crippen molar-refractivity contribution in [3.8, 4) is 16.9 Å². The predicted molar refractivity (Wildman–Crippen MR) is 107 cm³/mol. The fraction of sp³-hybridized carbons (Fsp3) is 0.500. The second-order valence-electron chi connectivity index (χ2n) is 8.68. The number of methoxy groups -OCH3 is 1. The van der Waals surface area contributed by atoms with Gasteiger partial charge in [-0.25, -0.2) is 0 Å². The Morgan fingerprint density at radius 1 is 1.12 bits per heavy atom. The van der Waals surface area contributed by atoms with Crippen LogP contribution in [0.2, 0.25) is 0 Å². The van der Waals surface area contributed by atoms with Gasteiger partial charge in [-0.1, -0.05) is 64.4 Å². The molecule has 0 amide bonds. The van der Waals surface area contributed by atoms with E-state index in [4.69, 9.17) is 4.74 Å². The Labute approximate surface area is 153 Å². The first-order valence-electron chi connectivity index (χ1n) is 9.68. The van der Waals surface area contributed by atoms with Crippen molar-refractivity contribution in [3.63, 3.8) is 0 Å². The molecule has 0 spiro atoms. The van der Waals surface area contributed by atoms with Crippen LogP contribution in [0.25, 0.3) is 11.1 Å². The van der Waals surface area contributed by atoms with Crippen molar-refractivity contribution in [2.45, 2.75) is 59.3 Å². The molecular formula is C24H32O. The van der Waals surface area contributed by atoms with Crippen LogP contribution in [0.4, 0.5) is 0 Å². The number of rotatable bonds is 5. The molecule has 0 N–H and O–H groups in total. The molecule has 134 valence electrons. The van der Waals surface area contributed by atoms with Crippen LogP contribution in [0.15, 0.2) is 42.5 Å². The first-order valence-corrected chi connectivity index (χ1v) is 9.68. The van der Waals surface area contributed by atoms with E-state index in [1.807, 2.05) is 6.07 Å². The van der Waals surface area contributed by atoms with Crippen LogP contribution in [0, 0.1) is 11.3 Å². The van der Waals surface area contributed by atoms with Crippen LogP contribution in [-0.4, -0.2) is 7.11 Å². The summed E-state index contributed by atoms with van der Waals surface area (Å²) >= 11 is 0. The van der Waals surface area contributed by atoms with E-state index in [0.717, 1.165) is 12.2 Å². The summed E-state index contributed by atoms with van der Waals surface area (Å²) in [6.45, 7) is 9.48. The summed E-state index contributed by atoms with van der Waals surface area (Å²) in [5.41, 5.74) is 6.04. The van der Waals surface area contributed by atoms with Gasteiger partial charge in [0.25, 0.3) is 0 Å². The average molecular weight is 337 g/mol. The molecule has 1 aliphatic rings. The summed E-state index contributed by atoms with van der Waals surface area (Å²) in [7, 11) is 1.74. The van der Waals surface area contributed by atoms with Crippen LogP contribution in [-0.2, 0) is 6.42 Å². The van der Waals surface area contributed by atoms with Gasteiger partial charge in [-0.3, -0.25) is 0 Å². The van der Waals surface area contributed by atoms with Crippen molar-refractivity contribution in [3.05, 3.63) is 53.6 Å². The first kappa shape index (κ1) is 18.0. The molecule has 1 saturated carbocycles. The second kappa shape index (κ2) is 7.23. The number of hydrogen-bond acceptors (Lipinski definition) is 1. The highest BCUT2D eigenvalue weighted by molar-refractivity contribution is 5.70. The van der Waals surface area contributed by atoms with Crippen LogP contribution in [0.3, 0.4) is 0 Å². The average Bonchev–Trinajstić information content (AvgIpc) is 2.93. The van der Waals surface area contributed by atoms with Crippen molar-refractivity contribution < 1.29 is 4.74 Å². The van der Waals surface area contributed by atoms with Gasteiger partial charge in [0, 0.05) is 0 Å².